The Balaban J connectivity index is 2.34. The Kier molecular flexibility index (Phi) is 4.20. The summed E-state index contributed by atoms with van der Waals surface area (Å²) >= 11 is 5.69. The molecule has 4 nitrogen and oxygen atoms in total. The van der Waals surface area contributed by atoms with Gasteiger partial charge in [0.25, 0.3) is 5.69 Å². The zero-order chi connectivity index (χ0) is 14.7. The van der Waals surface area contributed by atoms with E-state index < -0.39 is 10.7 Å². The highest BCUT2D eigenvalue weighted by molar-refractivity contribution is 6.17. The first-order valence-electron chi connectivity index (χ1n) is 5.78. The number of hydrogen-bond acceptors (Lipinski definition) is 3. The molecule has 0 unspecified atom stereocenters. The summed E-state index contributed by atoms with van der Waals surface area (Å²) in [5.74, 6) is 0.319. The van der Waals surface area contributed by atoms with Crippen molar-refractivity contribution < 1.29 is 14.1 Å². The van der Waals surface area contributed by atoms with Gasteiger partial charge in [-0.2, -0.15) is 0 Å². The number of nitro groups is 1. The van der Waals surface area contributed by atoms with Crippen molar-refractivity contribution in [2.24, 2.45) is 0 Å². The van der Waals surface area contributed by atoms with Gasteiger partial charge in [-0.25, -0.2) is 4.39 Å². The second-order valence-corrected chi connectivity index (χ2v) is 4.46. The Hall–Kier alpha value is -2.14. The lowest BCUT2D eigenvalue weighted by Gasteiger charge is -2.09. The number of aryl methyl sites for hydroxylation is 1. The predicted molar refractivity (Wildman–Crippen MR) is 73.9 cm³/mol. The first-order valence-corrected chi connectivity index (χ1v) is 6.32. The maximum absolute atomic E-state index is 13.2. The molecule has 0 aliphatic rings. The van der Waals surface area contributed by atoms with Crippen LogP contribution < -0.4 is 4.74 Å². The topological polar surface area (TPSA) is 52.4 Å². The number of nitrogens with zero attached hydrogens (tertiary/aromatic N) is 1. The molecule has 0 radical (unpaired) electrons. The molecule has 0 saturated carbocycles. The molecule has 0 bridgehead atoms. The zero-order valence-electron chi connectivity index (χ0n) is 10.6. The van der Waals surface area contributed by atoms with Crippen molar-refractivity contribution in [1.82, 2.24) is 0 Å². The lowest BCUT2D eigenvalue weighted by molar-refractivity contribution is -0.385. The molecule has 0 spiro atoms. The van der Waals surface area contributed by atoms with Crippen LogP contribution in [0.2, 0.25) is 0 Å². The number of benzene rings is 2. The summed E-state index contributed by atoms with van der Waals surface area (Å²) in [6.45, 7) is 1.78. The van der Waals surface area contributed by atoms with E-state index in [9.17, 15) is 14.5 Å². The second kappa shape index (κ2) is 5.88. The molecule has 104 valence electrons. The lowest BCUT2D eigenvalue weighted by atomic mass is 10.2. The van der Waals surface area contributed by atoms with Crippen molar-refractivity contribution in [3.8, 4) is 11.5 Å². The summed E-state index contributed by atoms with van der Waals surface area (Å²) in [5, 5.41) is 10.8. The van der Waals surface area contributed by atoms with E-state index in [1.54, 1.807) is 13.0 Å². The molecule has 0 heterocycles. The minimum absolute atomic E-state index is 0.00432. The minimum atomic E-state index is -0.505. The summed E-state index contributed by atoms with van der Waals surface area (Å²) in [6, 6.07) is 8.45. The van der Waals surface area contributed by atoms with E-state index in [1.165, 1.54) is 30.3 Å². The molecule has 2 aromatic carbocycles. The normalized spacial score (nSPS) is 10.3. The van der Waals surface area contributed by atoms with Crippen LogP contribution in [0.25, 0.3) is 0 Å². The van der Waals surface area contributed by atoms with Crippen LogP contribution in [-0.4, -0.2) is 4.92 Å². The highest BCUT2D eigenvalue weighted by Gasteiger charge is 2.14. The van der Waals surface area contributed by atoms with E-state index in [1.807, 2.05) is 0 Å². The van der Waals surface area contributed by atoms with E-state index in [2.05, 4.69) is 0 Å². The van der Waals surface area contributed by atoms with Crippen LogP contribution in [0, 0.1) is 22.9 Å². The average Bonchev–Trinajstić information content (AvgIpc) is 2.42. The van der Waals surface area contributed by atoms with E-state index in [0.29, 0.717) is 17.1 Å². The molecule has 20 heavy (non-hydrogen) atoms. The fourth-order valence-corrected chi connectivity index (χ4v) is 1.94. The third-order valence-electron chi connectivity index (χ3n) is 2.77. The Morgan fingerprint density at radius 1 is 1.30 bits per heavy atom. The first-order chi connectivity index (χ1) is 9.51. The summed E-state index contributed by atoms with van der Waals surface area (Å²) in [5.41, 5.74) is 1.05. The molecule has 6 heteroatoms. The van der Waals surface area contributed by atoms with Gasteiger partial charge in [0.05, 0.1) is 10.8 Å². The van der Waals surface area contributed by atoms with Gasteiger partial charge in [0, 0.05) is 17.7 Å². The average molecular weight is 296 g/mol. The van der Waals surface area contributed by atoms with Crippen LogP contribution in [0.15, 0.2) is 36.4 Å². The van der Waals surface area contributed by atoms with E-state index >= 15 is 0 Å². The number of ether oxygens (including phenoxy) is 1. The van der Waals surface area contributed by atoms with E-state index in [-0.39, 0.29) is 11.6 Å². The van der Waals surface area contributed by atoms with Crippen LogP contribution in [0.3, 0.4) is 0 Å². The summed E-state index contributed by atoms with van der Waals surface area (Å²) in [7, 11) is 0. The molecule has 0 amide bonds. The standard InChI is InChI=1S/C14H11ClFNO3/c1-9-2-3-11(16)7-14(9)20-12-4-5-13(17(18)19)10(6-12)8-15/h2-7H,8H2,1H3. The largest absolute Gasteiger partial charge is 0.457 e. The van der Waals surface area contributed by atoms with Crippen molar-refractivity contribution >= 4 is 17.3 Å². The fourth-order valence-electron chi connectivity index (χ4n) is 1.72. The SMILES string of the molecule is Cc1ccc(F)cc1Oc1ccc([N+](=O)[O-])c(CCl)c1. The molecular formula is C14H11ClFNO3. The molecule has 2 rings (SSSR count). The van der Waals surface area contributed by atoms with Gasteiger partial charge in [-0.1, -0.05) is 6.07 Å². The maximum Gasteiger partial charge on any atom is 0.274 e. The van der Waals surface area contributed by atoms with Gasteiger partial charge in [-0.15, -0.1) is 11.6 Å². The molecular weight excluding hydrogens is 285 g/mol. The quantitative estimate of drug-likeness (QED) is 0.471. The molecule has 0 aromatic heterocycles. The fraction of sp³-hybridized carbons (Fsp3) is 0.143. The van der Waals surface area contributed by atoms with Gasteiger partial charge in [0.1, 0.15) is 17.3 Å². The van der Waals surface area contributed by atoms with E-state index in [0.717, 1.165) is 5.56 Å². The van der Waals surface area contributed by atoms with Crippen LogP contribution in [0.4, 0.5) is 10.1 Å². The third-order valence-corrected chi connectivity index (χ3v) is 3.06. The van der Waals surface area contributed by atoms with Crippen molar-refractivity contribution in [2.75, 3.05) is 0 Å². The molecule has 0 aliphatic heterocycles. The number of halogens is 2. The van der Waals surface area contributed by atoms with Gasteiger partial charge < -0.3 is 4.74 Å². The monoisotopic (exact) mass is 295 g/mol. The van der Waals surface area contributed by atoms with Crippen LogP contribution in [0.1, 0.15) is 11.1 Å². The lowest BCUT2D eigenvalue weighted by Crippen LogP contribution is -1.95. The van der Waals surface area contributed by atoms with Gasteiger partial charge in [0.15, 0.2) is 0 Å². The van der Waals surface area contributed by atoms with Crippen molar-refractivity contribution in [2.45, 2.75) is 12.8 Å². The first kappa shape index (κ1) is 14.3. The Labute approximate surface area is 119 Å². The van der Waals surface area contributed by atoms with Crippen LogP contribution in [-0.2, 0) is 5.88 Å². The Morgan fingerprint density at radius 3 is 2.70 bits per heavy atom. The van der Waals surface area contributed by atoms with E-state index in [4.69, 9.17) is 16.3 Å². The van der Waals surface area contributed by atoms with Gasteiger partial charge in [0.2, 0.25) is 0 Å². The smallest absolute Gasteiger partial charge is 0.274 e. The Morgan fingerprint density at radius 2 is 2.05 bits per heavy atom. The van der Waals surface area contributed by atoms with Crippen molar-refractivity contribution in [3.05, 3.63) is 63.5 Å². The molecule has 0 N–H and O–H groups in total. The number of nitro benzene ring substituents is 1. The number of rotatable bonds is 4. The molecule has 0 fully saturated rings. The molecule has 0 aliphatic carbocycles. The molecule has 0 saturated heterocycles. The second-order valence-electron chi connectivity index (χ2n) is 4.19. The minimum Gasteiger partial charge on any atom is -0.457 e. The van der Waals surface area contributed by atoms with Crippen LogP contribution in [0.5, 0.6) is 11.5 Å². The summed E-state index contributed by atoms with van der Waals surface area (Å²) < 4.78 is 18.7. The molecule has 2 aromatic rings. The summed E-state index contributed by atoms with van der Waals surface area (Å²) in [6.07, 6.45) is 0. The Bertz CT molecular complexity index is 661. The van der Waals surface area contributed by atoms with Gasteiger partial charge in [-0.05, 0) is 30.7 Å². The summed E-state index contributed by atoms with van der Waals surface area (Å²) in [4.78, 5) is 10.3. The highest BCUT2D eigenvalue weighted by atomic mass is 35.5. The van der Waals surface area contributed by atoms with Gasteiger partial charge >= 0.3 is 0 Å². The van der Waals surface area contributed by atoms with Crippen LogP contribution >= 0.6 is 11.6 Å². The third kappa shape index (κ3) is 3.05. The number of alkyl halides is 1. The van der Waals surface area contributed by atoms with Gasteiger partial charge in [-0.3, -0.25) is 10.1 Å². The number of hydrogen-bond donors (Lipinski definition) is 0. The van der Waals surface area contributed by atoms with Crippen molar-refractivity contribution in [3.63, 3.8) is 0 Å². The highest BCUT2D eigenvalue weighted by Crippen LogP contribution is 2.30. The predicted octanol–water partition coefficient (Wildman–Crippen LogP) is 4.57. The zero-order valence-corrected chi connectivity index (χ0v) is 11.4. The maximum atomic E-state index is 13.2. The van der Waals surface area contributed by atoms with Crippen molar-refractivity contribution in [1.29, 1.82) is 0 Å². The molecule has 0 atom stereocenters.